The number of hydrogen-bond donors (Lipinski definition) is 4. The molecule has 88 valence electrons. The Morgan fingerprint density at radius 3 is 2.24 bits per heavy atom. The Bertz CT molecular complexity index is 554. The molecule has 0 spiro atoms. The maximum absolute atomic E-state index is 5.79. The molecule has 5 heteroatoms. The first-order valence-electron chi connectivity index (χ1n) is 5.04. The number of anilines is 4. The van der Waals surface area contributed by atoms with E-state index in [9.17, 15) is 0 Å². The number of ether oxygens (including phenoxy) is 1. The highest BCUT2D eigenvalue weighted by atomic mass is 16.5. The number of hydrogen-bond acceptors (Lipinski definition) is 5. The molecule has 0 aliphatic heterocycles. The fourth-order valence-electron chi connectivity index (χ4n) is 1.43. The van der Waals surface area contributed by atoms with Gasteiger partial charge in [0, 0.05) is 5.69 Å². The Kier molecular flexibility index (Phi) is 2.66. The standard InChI is InChI=1S/C12H14N4O/c13-7-4-5-10(9(15)6-7)17-11-3-1-2-8(14)12(11)16/h1-6H,13-16H2. The molecule has 8 N–H and O–H groups in total. The molecule has 0 aliphatic carbocycles. The molecule has 0 aromatic heterocycles. The average Bonchev–Trinajstić information content (AvgIpc) is 2.28. The zero-order valence-electron chi connectivity index (χ0n) is 9.18. The second-order valence-electron chi connectivity index (χ2n) is 3.66. The van der Waals surface area contributed by atoms with Gasteiger partial charge in [0.2, 0.25) is 0 Å². The first kappa shape index (κ1) is 10.9. The quantitative estimate of drug-likeness (QED) is 0.587. The second kappa shape index (κ2) is 4.13. The Morgan fingerprint density at radius 1 is 0.765 bits per heavy atom. The van der Waals surface area contributed by atoms with E-state index in [0.29, 0.717) is 34.2 Å². The molecule has 0 atom stereocenters. The van der Waals surface area contributed by atoms with Crippen LogP contribution in [0.4, 0.5) is 22.7 Å². The fraction of sp³-hybridized carbons (Fsp3) is 0. The molecule has 5 nitrogen and oxygen atoms in total. The third kappa shape index (κ3) is 2.17. The van der Waals surface area contributed by atoms with Crippen molar-refractivity contribution in [3.8, 4) is 11.5 Å². The molecule has 2 aromatic carbocycles. The van der Waals surface area contributed by atoms with Gasteiger partial charge in [0.15, 0.2) is 11.5 Å². The molecule has 0 heterocycles. The van der Waals surface area contributed by atoms with E-state index < -0.39 is 0 Å². The van der Waals surface area contributed by atoms with Crippen molar-refractivity contribution in [2.24, 2.45) is 0 Å². The van der Waals surface area contributed by atoms with Crippen molar-refractivity contribution >= 4 is 22.7 Å². The van der Waals surface area contributed by atoms with Crippen molar-refractivity contribution in [1.29, 1.82) is 0 Å². The first-order chi connectivity index (χ1) is 8.08. The molecule has 0 fully saturated rings. The van der Waals surface area contributed by atoms with E-state index in [2.05, 4.69) is 0 Å². The maximum Gasteiger partial charge on any atom is 0.152 e. The smallest absolute Gasteiger partial charge is 0.152 e. The molecule has 2 rings (SSSR count). The average molecular weight is 230 g/mol. The topological polar surface area (TPSA) is 113 Å². The van der Waals surface area contributed by atoms with E-state index in [-0.39, 0.29) is 0 Å². The third-order valence-corrected chi connectivity index (χ3v) is 2.35. The molecule has 0 bridgehead atoms. The molecular weight excluding hydrogens is 216 g/mol. The van der Waals surface area contributed by atoms with Gasteiger partial charge in [-0.25, -0.2) is 0 Å². The molecule has 0 aliphatic rings. The summed E-state index contributed by atoms with van der Waals surface area (Å²) in [6, 6.07) is 10.2. The number of benzene rings is 2. The Morgan fingerprint density at radius 2 is 1.53 bits per heavy atom. The summed E-state index contributed by atoms with van der Waals surface area (Å²) in [5.74, 6) is 0.970. The van der Waals surface area contributed by atoms with Crippen LogP contribution < -0.4 is 27.7 Å². The third-order valence-electron chi connectivity index (χ3n) is 2.35. The monoisotopic (exact) mass is 230 g/mol. The highest BCUT2D eigenvalue weighted by Crippen LogP contribution is 2.34. The highest BCUT2D eigenvalue weighted by molar-refractivity contribution is 5.72. The van der Waals surface area contributed by atoms with Gasteiger partial charge in [-0.1, -0.05) is 6.07 Å². The predicted octanol–water partition coefficient (Wildman–Crippen LogP) is 1.81. The van der Waals surface area contributed by atoms with Gasteiger partial charge in [0.05, 0.1) is 17.1 Å². The molecule has 0 saturated carbocycles. The van der Waals surface area contributed by atoms with Gasteiger partial charge in [-0.2, -0.15) is 0 Å². The summed E-state index contributed by atoms with van der Waals surface area (Å²) < 4.78 is 5.59. The van der Waals surface area contributed by atoms with Gasteiger partial charge in [-0.3, -0.25) is 0 Å². The van der Waals surface area contributed by atoms with Crippen LogP contribution in [-0.2, 0) is 0 Å². The predicted molar refractivity (Wildman–Crippen MR) is 70.6 cm³/mol. The molecule has 0 unspecified atom stereocenters. The molecule has 0 radical (unpaired) electrons. The van der Waals surface area contributed by atoms with Crippen LogP contribution in [0.2, 0.25) is 0 Å². The van der Waals surface area contributed by atoms with Crippen molar-refractivity contribution in [3.05, 3.63) is 36.4 Å². The van der Waals surface area contributed by atoms with Crippen molar-refractivity contribution in [2.75, 3.05) is 22.9 Å². The van der Waals surface area contributed by atoms with Crippen LogP contribution in [-0.4, -0.2) is 0 Å². The lowest BCUT2D eigenvalue weighted by Gasteiger charge is -2.11. The van der Waals surface area contributed by atoms with Crippen LogP contribution in [0.1, 0.15) is 0 Å². The zero-order chi connectivity index (χ0) is 12.4. The first-order valence-corrected chi connectivity index (χ1v) is 5.04. The van der Waals surface area contributed by atoms with E-state index >= 15 is 0 Å². The highest BCUT2D eigenvalue weighted by Gasteiger charge is 2.07. The molecule has 0 amide bonds. The van der Waals surface area contributed by atoms with E-state index in [0.717, 1.165) is 0 Å². The number of rotatable bonds is 2. The van der Waals surface area contributed by atoms with Gasteiger partial charge >= 0.3 is 0 Å². The Balaban J connectivity index is 2.35. The fourth-order valence-corrected chi connectivity index (χ4v) is 1.43. The summed E-state index contributed by atoms with van der Waals surface area (Å²) in [4.78, 5) is 0. The van der Waals surface area contributed by atoms with Crippen molar-refractivity contribution in [3.63, 3.8) is 0 Å². The summed E-state index contributed by atoms with van der Waals surface area (Å²) in [5.41, 5.74) is 24.7. The summed E-state index contributed by atoms with van der Waals surface area (Å²) >= 11 is 0. The second-order valence-corrected chi connectivity index (χ2v) is 3.66. The lowest BCUT2D eigenvalue weighted by molar-refractivity contribution is 0.488. The summed E-state index contributed by atoms with van der Waals surface area (Å²) in [6.07, 6.45) is 0. The van der Waals surface area contributed by atoms with E-state index in [1.54, 1.807) is 36.4 Å². The number of nitrogens with two attached hydrogens (primary N) is 4. The van der Waals surface area contributed by atoms with E-state index in [1.165, 1.54) is 0 Å². The van der Waals surface area contributed by atoms with Crippen LogP contribution in [0.25, 0.3) is 0 Å². The normalized spacial score (nSPS) is 10.1. The minimum atomic E-state index is 0.392. The van der Waals surface area contributed by atoms with Crippen molar-refractivity contribution < 1.29 is 4.74 Å². The SMILES string of the molecule is Nc1ccc(Oc2cccc(N)c2N)c(N)c1. The minimum absolute atomic E-state index is 0.392. The van der Waals surface area contributed by atoms with Crippen molar-refractivity contribution in [1.82, 2.24) is 0 Å². The lowest BCUT2D eigenvalue weighted by atomic mass is 10.2. The van der Waals surface area contributed by atoms with E-state index in [4.69, 9.17) is 27.7 Å². The van der Waals surface area contributed by atoms with Crippen LogP contribution >= 0.6 is 0 Å². The lowest BCUT2D eigenvalue weighted by Crippen LogP contribution is -1.99. The van der Waals surface area contributed by atoms with E-state index in [1.807, 2.05) is 0 Å². The largest absolute Gasteiger partial charge is 0.453 e. The van der Waals surface area contributed by atoms with Gasteiger partial charge in [-0.15, -0.1) is 0 Å². The molecular formula is C12H14N4O. The Hall–Kier alpha value is -2.56. The van der Waals surface area contributed by atoms with Gasteiger partial charge in [-0.05, 0) is 30.3 Å². The van der Waals surface area contributed by atoms with Crippen LogP contribution in [0.15, 0.2) is 36.4 Å². The summed E-state index contributed by atoms with van der Waals surface area (Å²) in [7, 11) is 0. The van der Waals surface area contributed by atoms with Crippen LogP contribution in [0, 0.1) is 0 Å². The van der Waals surface area contributed by atoms with Gasteiger partial charge in [0.25, 0.3) is 0 Å². The summed E-state index contributed by atoms with van der Waals surface area (Å²) in [5, 5.41) is 0. The number of nitrogen functional groups attached to an aromatic ring is 4. The summed E-state index contributed by atoms with van der Waals surface area (Å²) in [6.45, 7) is 0. The van der Waals surface area contributed by atoms with Crippen molar-refractivity contribution in [2.45, 2.75) is 0 Å². The molecule has 0 saturated heterocycles. The molecule has 2 aromatic rings. The Labute approximate surface area is 99.0 Å². The minimum Gasteiger partial charge on any atom is -0.453 e. The van der Waals surface area contributed by atoms with Gasteiger partial charge in [0.1, 0.15) is 0 Å². The van der Waals surface area contributed by atoms with Crippen LogP contribution in [0.5, 0.6) is 11.5 Å². The number of para-hydroxylation sites is 1. The maximum atomic E-state index is 5.79. The van der Waals surface area contributed by atoms with Gasteiger partial charge < -0.3 is 27.7 Å². The van der Waals surface area contributed by atoms with Crippen LogP contribution in [0.3, 0.4) is 0 Å². The zero-order valence-corrected chi connectivity index (χ0v) is 9.18. The molecule has 17 heavy (non-hydrogen) atoms.